The van der Waals surface area contributed by atoms with Crippen molar-refractivity contribution < 1.29 is 4.74 Å². The number of nitrogens with one attached hydrogen (secondary N) is 1. The molecule has 0 spiro atoms. The van der Waals surface area contributed by atoms with Crippen LogP contribution in [0.15, 0.2) is 6.33 Å². The van der Waals surface area contributed by atoms with E-state index in [0.717, 1.165) is 43.4 Å². The van der Waals surface area contributed by atoms with Gasteiger partial charge in [-0.05, 0) is 33.4 Å². The largest absolute Gasteiger partial charge is 0.490 e. The molecule has 1 aromatic heterocycles. The van der Waals surface area contributed by atoms with Crippen LogP contribution >= 0.6 is 0 Å². The van der Waals surface area contributed by atoms with E-state index in [-0.39, 0.29) is 0 Å². The highest BCUT2D eigenvalue weighted by Gasteiger charge is 2.29. The quantitative estimate of drug-likeness (QED) is 0.828. The van der Waals surface area contributed by atoms with E-state index in [1.807, 2.05) is 0 Å². The summed E-state index contributed by atoms with van der Waals surface area (Å²) in [4.78, 5) is 13.4. The topological polar surface area (TPSA) is 53.5 Å². The zero-order valence-corrected chi connectivity index (χ0v) is 13.6. The van der Waals surface area contributed by atoms with Crippen LogP contribution in [0, 0.1) is 0 Å². The Morgan fingerprint density at radius 3 is 2.90 bits per heavy atom. The maximum Gasteiger partial charge on any atom is 0.204 e. The Hall–Kier alpha value is -1.56. The van der Waals surface area contributed by atoms with Crippen LogP contribution in [-0.2, 0) is 0 Å². The second kappa shape index (κ2) is 7.45. The van der Waals surface area contributed by atoms with E-state index in [4.69, 9.17) is 4.74 Å². The maximum atomic E-state index is 5.60. The number of anilines is 2. The van der Waals surface area contributed by atoms with Gasteiger partial charge in [0, 0.05) is 25.7 Å². The van der Waals surface area contributed by atoms with E-state index in [1.165, 1.54) is 12.8 Å². The first-order chi connectivity index (χ1) is 10.2. The van der Waals surface area contributed by atoms with Gasteiger partial charge in [0.05, 0.1) is 7.11 Å². The van der Waals surface area contributed by atoms with Gasteiger partial charge in [-0.15, -0.1) is 0 Å². The van der Waals surface area contributed by atoms with Gasteiger partial charge in [-0.3, -0.25) is 0 Å². The van der Waals surface area contributed by atoms with Crippen molar-refractivity contribution >= 4 is 11.6 Å². The van der Waals surface area contributed by atoms with Crippen molar-refractivity contribution in [2.45, 2.75) is 32.2 Å². The second-order valence-electron chi connectivity index (χ2n) is 5.76. The summed E-state index contributed by atoms with van der Waals surface area (Å²) in [6.45, 7) is 5.08. The second-order valence-corrected chi connectivity index (χ2v) is 5.76. The Morgan fingerprint density at radius 2 is 2.24 bits per heavy atom. The number of hydrogen-bond donors (Lipinski definition) is 1. The molecule has 2 heterocycles. The molecule has 1 atom stereocenters. The molecule has 2 rings (SSSR count). The summed E-state index contributed by atoms with van der Waals surface area (Å²) in [7, 11) is 5.92. The molecule has 1 aliphatic heterocycles. The Labute approximate surface area is 127 Å². The summed E-state index contributed by atoms with van der Waals surface area (Å²) in [6.07, 6.45) is 5.07. The highest BCUT2D eigenvalue weighted by atomic mass is 16.5. The van der Waals surface area contributed by atoms with Gasteiger partial charge in [0.25, 0.3) is 0 Å². The Morgan fingerprint density at radius 1 is 1.43 bits per heavy atom. The van der Waals surface area contributed by atoms with Crippen LogP contribution in [0.25, 0.3) is 0 Å². The molecule has 1 N–H and O–H groups in total. The van der Waals surface area contributed by atoms with E-state index in [9.17, 15) is 0 Å². The van der Waals surface area contributed by atoms with Gasteiger partial charge in [-0.2, -0.15) is 0 Å². The minimum Gasteiger partial charge on any atom is -0.490 e. The lowest BCUT2D eigenvalue weighted by Gasteiger charge is -2.29. The Balaban J connectivity index is 2.25. The minimum atomic E-state index is 0.489. The van der Waals surface area contributed by atoms with Crippen LogP contribution in [0.3, 0.4) is 0 Å². The molecule has 0 aliphatic carbocycles. The monoisotopic (exact) mass is 293 g/mol. The molecular weight excluding hydrogens is 266 g/mol. The molecule has 1 fully saturated rings. The molecule has 0 saturated carbocycles. The first-order valence-electron chi connectivity index (χ1n) is 7.71. The molecule has 0 bridgehead atoms. The predicted molar refractivity (Wildman–Crippen MR) is 86.3 cm³/mol. The van der Waals surface area contributed by atoms with Gasteiger partial charge in [-0.1, -0.05) is 6.92 Å². The van der Waals surface area contributed by atoms with E-state index in [1.54, 1.807) is 13.4 Å². The van der Waals surface area contributed by atoms with E-state index in [0.29, 0.717) is 6.04 Å². The average Bonchev–Trinajstić information content (AvgIpc) is 2.91. The van der Waals surface area contributed by atoms with Crippen LogP contribution < -0.4 is 15.0 Å². The highest BCUT2D eigenvalue weighted by molar-refractivity contribution is 5.65. The molecule has 0 aromatic carbocycles. The molecule has 1 unspecified atom stereocenters. The number of likely N-dealkylation sites (N-methyl/N-ethyl adjacent to an activating group) is 1. The normalized spacial score (nSPS) is 18.3. The molecule has 1 saturated heterocycles. The smallest absolute Gasteiger partial charge is 0.204 e. The number of ether oxygens (including phenoxy) is 1. The fourth-order valence-electron chi connectivity index (χ4n) is 2.85. The van der Waals surface area contributed by atoms with Crippen LogP contribution in [0.1, 0.15) is 26.2 Å². The molecule has 118 valence electrons. The summed E-state index contributed by atoms with van der Waals surface area (Å²) >= 11 is 0. The number of methoxy groups -OCH3 is 1. The van der Waals surface area contributed by atoms with Gasteiger partial charge in [-0.25, -0.2) is 9.97 Å². The van der Waals surface area contributed by atoms with Crippen molar-refractivity contribution in [1.29, 1.82) is 0 Å². The van der Waals surface area contributed by atoms with Gasteiger partial charge < -0.3 is 19.9 Å². The zero-order valence-electron chi connectivity index (χ0n) is 13.6. The third kappa shape index (κ3) is 3.75. The van der Waals surface area contributed by atoms with Crippen molar-refractivity contribution in [3.63, 3.8) is 0 Å². The van der Waals surface area contributed by atoms with Gasteiger partial charge in [0.15, 0.2) is 11.6 Å². The van der Waals surface area contributed by atoms with Crippen molar-refractivity contribution in [3.8, 4) is 5.75 Å². The first kappa shape index (κ1) is 15.8. The summed E-state index contributed by atoms with van der Waals surface area (Å²) in [5, 5.41) is 3.32. The lowest BCUT2D eigenvalue weighted by atomic mass is 10.2. The zero-order chi connectivity index (χ0) is 15.2. The maximum absolute atomic E-state index is 5.60. The van der Waals surface area contributed by atoms with E-state index < -0.39 is 0 Å². The lowest BCUT2D eigenvalue weighted by Crippen LogP contribution is -2.38. The first-order valence-corrected chi connectivity index (χ1v) is 7.71. The van der Waals surface area contributed by atoms with Crippen molar-refractivity contribution in [3.05, 3.63) is 6.33 Å². The number of aromatic nitrogens is 2. The number of nitrogens with zero attached hydrogens (tertiary/aromatic N) is 4. The van der Waals surface area contributed by atoms with E-state index in [2.05, 4.69) is 46.1 Å². The van der Waals surface area contributed by atoms with Crippen LogP contribution in [0.5, 0.6) is 5.75 Å². The van der Waals surface area contributed by atoms with Gasteiger partial charge >= 0.3 is 0 Å². The predicted octanol–water partition coefficient (Wildman–Crippen LogP) is 1.84. The summed E-state index contributed by atoms with van der Waals surface area (Å²) in [5.41, 5.74) is 0. The summed E-state index contributed by atoms with van der Waals surface area (Å²) in [6, 6.07) is 0.489. The van der Waals surface area contributed by atoms with Crippen molar-refractivity contribution in [2.24, 2.45) is 0 Å². The summed E-state index contributed by atoms with van der Waals surface area (Å²) in [5.74, 6) is 2.46. The Bertz CT molecular complexity index is 452. The van der Waals surface area contributed by atoms with E-state index >= 15 is 0 Å². The Kier molecular flexibility index (Phi) is 5.61. The van der Waals surface area contributed by atoms with Crippen molar-refractivity contribution in [1.82, 2.24) is 14.9 Å². The standard InChI is InChI=1S/C15H27N5O/c1-5-8-16-14-13(21-4)15(18-11-17-14)20-9-6-7-12(20)10-19(2)3/h11-12H,5-10H2,1-4H3,(H,16,17,18). The molecule has 1 aromatic rings. The number of hydrogen-bond acceptors (Lipinski definition) is 6. The van der Waals surface area contributed by atoms with Gasteiger partial charge in [0.1, 0.15) is 6.33 Å². The molecule has 6 heteroatoms. The highest BCUT2D eigenvalue weighted by Crippen LogP contribution is 2.35. The van der Waals surface area contributed by atoms with Crippen LogP contribution in [0.2, 0.25) is 0 Å². The molecule has 6 nitrogen and oxygen atoms in total. The fourth-order valence-corrected chi connectivity index (χ4v) is 2.85. The third-order valence-corrected chi connectivity index (χ3v) is 3.76. The summed E-state index contributed by atoms with van der Waals surface area (Å²) < 4.78 is 5.60. The number of rotatable bonds is 7. The fraction of sp³-hybridized carbons (Fsp3) is 0.733. The molecular formula is C15H27N5O. The molecule has 21 heavy (non-hydrogen) atoms. The third-order valence-electron chi connectivity index (χ3n) is 3.76. The molecule has 1 aliphatic rings. The SMILES string of the molecule is CCCNc1ncnc(N2CCCC2CN(C)C)c1OC. The lowest BCUT2D eigenvalue weighted by molar-refractivity contribution is 0.368. The van der Waals surface area contributed by atoms with Crippen LogP contribution in [0.4, 0.5) is 11.6 Å². The molecule has 0 amide bonds. The average molecular weight is 293 g/mol. The van der Waals surface area contributed by atoms with Crippen LogP contribution in [-0.4, -0.2) is 61.7 Å². The van der Waals surface area contributed by atoms with Crippen molar-refractivity contribution in [2.75, 3.05) is 51.1 Å². The van der Waals surface area contributed by atoms with Gasteiger partial charge in [0.2, 0.25) is 5.75 Å². The minimum absolute atomic E-state index is 0.489. The molecule has 0 radical (unpaired) electrons.